The number of methoxy groups -OCH3 is 1. The van der Waals surface area contributed by atoms with Gasteiger partial charge in [0.05, 0.1) is 20.2 Å². The molecule has 0 aliphatic heterocycles. The van der Waals surface area contributed by atoms with Crippen molar-refractivity contribution in [1.29, 1.82) is 0 Å². The molecule has 152 valence electrons. The number of rotatable bonds is 8. The van der Waals surface area contributed by atoms with Crippen LogP contribution in [0.2, 0.25) is 0 Å². The van der Waals surface area contributed by atoms with Gasteiger partial charge in [0, 0.05) is 18.3 Å². The van der Waals surface area contributed by atoms with Gasteiger partial charge in [0.2, 0.25) is 5.91 Å². The van der Waals surface area contributed by atoms with Gasteiger partial charge in [-0.05, 0) is 37.3 Å². The van der Waals surface area contributed by atoms with Crippen molar-refractivity contribution in [3.05, 3.63) is 54.1 Å². The van der Waals surface area contributed by atoms with Crippen molar-refractivity contribution in [3.8, 4) is 23.8 Å². The molecule has 0 radical (unpaired) electrons. The number of benzene rings is 2. The molecule has 29 heavy (non-hydrogen) atoms. The van der Waals surface area contributed by atoms with E-state index in [1.165, 1.54) is 0 Å². The fourth-order valence-electron chi connectivity index (χ4n) is 2.49. The number of carbonyl (C=O) groups is 1. The van der Waals surface area contributed by atoms with Crippen molar-refractivity contribution >= 4 is 17.6 Å². The summed E-state index contributed by atoms with van der Waals surface area (Å²) in [5.74, 6) is 4.16. The van der Waals surface area contributed by atoms with Gasteiger partial charge in [-0.2, -0.15) is 0 Å². The van der Waals surface area contributed by atoms with Crippen molar-refractivity contribution < 1.29 is 14.3 Å². The van der Waals surface area contributed by atoms with Crippen LogP contribution in [-0.4, -0.2) is 45.2 Å². The van der Waals surface area contributed by atoms with Crippen LogP contribution in [0, 0.1) is 12.3 Å². The highest BCUT2D eigenvalue weighted by Gasteiger charge is 2.10. The first-order chi connectivity index (χ1) is 14.0. The number of terminal acetylenes is 1. The molecule has 2 rings (SSSR count). The first-order valence-corrected chi connectivity index (χ1v) is 9.16. The highest BCUT2D eigenvalue weighted by Crippen LogP contribution is 2.26. The van der Waals surface area contributed by atoms with E-state index in [1.807, 2.05) is 31.2 Å². The minimum Gasteiger partial charge on any atom is -0.493 e. The van der Waals surface area contributed by atoms with E-state index >= 15 is 0 Å². The Morgan fingerprint density at radius 3 is 2.62 bits per heavy atom. The lowest BCUT2D eigenvalue weighted by molar-refractivity contribution is -0.115. The van der Waals surface area contributed by atoms with Crippen LogP contribution in [0.4, 0.5) is 5.69 Å². The van der Waals surface area contributed by atoms with Crippen molar-refractivity contribution in [2.45, 2.75) is 13.0 Å². The van der Waals surface area contributed by atoms with Gasteiger partial charge in [0.15, 0.2) is 17.5 Å². The largest absolute Gasteiger partial charge is 0.493 e. The van der Waals surface area contributed by atoms with Crippen LogP contribution < -0.4 is 25.4 Å². The maximum Gasteiger partial charge on any atom is 0.243 e. The molecule has 7 heteroatoms. The van der Waals surface area contributed by atoms with E-state index in [4.69, 9.17) is 15.9 Å². The van der Waals surface area contributed by atoms with Crippen LogP contribution in [0.15, 0.2) is 53.5 Å². The first kappa shape index (κ1) is 21.6. The topological polar surface area (TPSA) is 84.0 Å². The molecule has 0 aliphatic rings. The zero-order valence-electron chi connectivity index (χ0n) is 16.9. The second-order valence-corrected chi connectivity index (χ2v) is 6.16. The van der Waals surface area contributed by atoms with Gasteiger partial charge in [-0.15, -0.1) is 6.42 Å². The quantitative estimate of drug-likeness (QED) is 0.363. The highest BCUT2D eigenvalue weighted by molar-refractivity contribution is 5.95. The normalized spacial score (nSPS) is 11.7. The zero-order chi connectivity index (χ0) is 21.1. The minimum atomic E-state index is -0.208. The Kier molecular flexibility index (Phi) is 8.39. The van der Waals surface area contributed by atoms with Crippen LogP contribution in [-0.2, 0) is 4.79 Å². The maximum atomic E-state index is 12.1. The molecule has 0 bridgehead atoms. The smallest absolute Gasteiger partial charge is 0.243 e. The monoisotopic (exact) mass is 394 g/mol. The van der Waals surface area contributed by atoms with Crippen LogP contribution in [0.25, 0.3) is 0 Å². The molecule has 1 unspecified atom stereocenters. The lowest BCUT2D eigenvalue weighted by atomic mass is 10.2. The standard InChI is InChI=1S/C22H26N4O3/c1-5-17-9-8-10-18(13-17)26-21(27)15-25-22(23-3)24-14-16(2)29-20-12-7-6-11-19(20)28-4/h1,6-13,16H,14-15H2,2-4H3,(H,26,27)(H2,23,24,25). The molecule has 2 aromatic rings. The molecule has 0 fully saturated rings. The molecule has 0 spiro atoms. The van der Waals surface area contributed by atoms with Gasteiger partial charge < -0.3 is 25.4 Å². The maximum absolute atomic E-state index is 12.1. The molecule has 0 saturated heterocycles. The summed E-state index contributed by atoms with van der Waals surface area (Å²) in [5, 5.41) is 8.88. The molecule has 0 heterocycles. The average Bonchev–Trinajstić information content (AvgIpc) is 2.74. The van der Waals surface area contributed by atoms with Crippen LogP contribution >= 0.6 is 0 Å². The molecule has 0 aromatic heterocycles. The summed E-state index contributed by atoms with van der Waals surface area (Å²) in [6.07, 6.45) is 5.22. The summed E-state index contributed by atoms with van der Waals surface area (Å²) in [6, 6.07) is 14.6. The molecule has 3 N–H and O–H groups in total. The third-order valence-electron chi connectivity index (χ3n) is 3.91. The molecule has 2 aromatic carbocycles. The Bertz CT molecular complexity index is 890. The number of nitrogens with one attached hydrogen (secondary N) is 3. The Morgan fingerprint density at radius 2 is 1.93 bits per heavy atom. The van der Waals surface area contributed by atoms with Gasteiger partial charge in [-0.25, -0.2) is 0 Å². The molecule has 0 aliphatic carbocycles. The van der Waals surface area contributed by atoms with Crippen molar-refractivity contribution in [2.75, 3.05) is 32.6 Å². The second kappa shape index (κ2) is 11.2. The summed E-state index contributed by atoms with van der Waals surface area (Å²) >= 11 is 0. The second-order valence-electron chi connectivity index (χ2n) is 6.16. The van der Waals surface area contributed by atoms with Gasteiger partial charge in [0.1, 0.15) is 6.10 Å². The van der Waals surface area contributed by atoms with E-state index < -0.39 is 0 Å². The Hall–Kier alpha value is -3.66. The van der Waals surface area contributed by atoms with E-state index in [2.05, 4.69) is 26.9 Å². The average molecular weight is 394 g/mol. The summed E-state index contributed by atoms with van der Waals surface area (Å²) in [7, 11) is 3.24. The molecule has 1 atom stereocenters. The Labute approximate surface area is 171 Å². The molecular formula is C22H26N4O3. The van der Waals surface area contributed by atoms with Crippen LogP contribution in [0.5, 0.6) is 11.5 Å². The number of para-hydroxylation sites is 2. The molecule has 0 saturated carbocycles. The lowest BCUT2D eigenvalue weighted by Crippen LogP contribution is -2.44. The van der Waals surface area contributed by atoms with Crippen molar-refractivity contribution in [1.82, 2.24) is 10.6 Å². The number of aliphatic imine (C=N–C) groups is 1. The van der Waals surface area contributed by atoms with E-state index in [9.17, 15) is 4.79 Å². The Morgan fingerprint density at radius 1 is 1.17 bits per heavy atom. The number of amides is 1. The number of anilines is 1. The number of guanidine groups is 1. The number of nitrogens with zero attached hydrogens (tertiary/aromatic N) is 1. The molecule has 7 nitrogen and oxygen atoms in total. The van der Waals surface area contributed by atoms with Gasteiger partial charge in [-0.3, -0.25) is 9.79 Å². The SMILES string of the molecule is C#Cc1cccc(NC(=O)CNC(=NC)NCC(C)Oc2ccccc2OC)c1. The van der Waals surface area contributed by atoms with Gasteiger partial charge in [0.25, 0.3) is 0 Å². The van der Waals surface area contributed by atoms with Crippen molar-refractivity contribution in [3.63, 3.8) is 0 Å². The summed E-state index contributed by atoms with van der Waals surface area (Å²) in [6.45, 7) is 2.48. The third-order valence-corrected chi connectivity index (χ3v) is 3.91. The fourth-order valence-corrected chi connectivity index (χ4v) is 2.49. The third kappa shape index (κ3) is 7.11. The number of carbonyl (C=O) groups excluding carboxylic acids is 1. The van der Waals surface area contributed by atoms with E-state index in [0.29, 0.717) is 35.3 Å². The predicted octanol–water partition coefficient (Wildman–Crippen LogP) is 2.25. The molecular weight excluding hydrogens is 368 g/mol. The van der Waals surface area contributed by atoms with Crippen LogP contribution in [0.1, 0.15) is 12.5 Å². The van der Waals surface area contributed by atoms with Gasteiger partial charge >= 0.3 is 0 Å². The van der Waals surface area contributed by atoms with E-state index in [0.717, 1.165) is 0 Å². The number of hydrogen-bond acceptors (Lipinski definition) is 4. The summed E-state index contributed by atoms with van der Waals surface area (Å²) in [4.78, 5) is 16.3. The molecule has 1 amide bonds. The van der Waals surface area contributed by atoms with E-state index in [1.54, 1.807) is 38.4 Å². The predicted molar refractivity (Wildman–Crippen MR) is 115 cm³/mol. The van der Waals surface area contributed by atoms with Gasteiger partial charge in [-0.1, -0.05) is 24.1 Å². The fraction of sp³-hybridized carbons (Fsp3) is 0.273. The number of ether oxygens (including phenoxy) is 2. The zero-order valence-corrected chi connectivity index (χ0v) is 16.9. The highest BCUT2D eigenvalue weighted by atomic mass is 16.5. The minimum absolute atomic E-state index is 0.0572. The van der Waals surface area contributed by atoms with Crippen molar-refractivity contribution in [2.24, 2.45) is 4.99 Å². The number of hydrogen-bond donors (Lipinski definition) is 3. The van der Waals surface area contributed by atoms with E-state index in [-0.39, 0.29) is 18.6 Å². The Balaban J connectivity index is 1.78. The lowest BCUT2D eigenvalue weighted by Gasteiger charge is -2.19. The summed E-state index contributed by atoms with van der Waals surface area (Å²) < 4.78 is 11.2. The first-order valence-electron chi connectivity index (χ1n) is 9.16. The summed E-state index contributed by atoms with van der Waals surface area (Å²) in [5.41, 5.74) is 1.35. The van der Waals surface area contributed by atoms with Crippen LogP contribution in [0.3, 0.4) is 0 Å².